The van der Waals surface area contributed by atoms with Gasteiger partial charge in [0.15, 0.2) is 17.4 Å². The number of ether oxygens (including phenoxy) is 1. The highest BCUT2D eigenvalue weighted by atomic mass is 32.2. The molecule has 3 rings (SSSR count). The van der Waals surface area contributed by atoms with Gasteiger partial charge in [-0.15, -0.1) is 0 Å². The van der Waals surface area contributed by atoms with Crippen molar-refractivity contribution >= 4 is 11.8 Å². The number of hydrogen-bond donors (Lipinski definition) is 0. The number of benzene rings is 2. The fraction of sp³-hybridized carbons (Fsp3) is 0.190. The third-order valence-electron chi connectivity index (χ3n) is 3.78. The lowest BCUT2D eigenvalue weighted by molar-refractivity contribution is 0.270. The summed E-state index contributed by atoms with van der Waals surface area (Å²) in [7, 11) is 0. The minimum Gasteiger partial charge on any atom is -0.483 e. The van der Waals surface area contributed by atoms with E-state index in [0.29, 0.717) is 12.0 Å². The van der Waals surface area contributed by atoms with E-state index < -0.39 is 11.6 Å². The second-order valence-electron chi connectivity index (χ2n) is 5.81. The Morgan fingerprint density at radius 1 is 1.00 bits per heavy atom. The first-order chi connectivity index (χ1) is 12.7. The van der Waals surface area contributed by atoms with E-state index >= 15 is 0 Å². The predicted octanol–water partition coefficient (Wildman–Crippen LogP) is 6.04. The molecule has 3 aromatic rings. The summed E-state index contributed by atoms with van der Waals surface area (Å²) in [5, 5.41) is 0.752. The Balaban J connectivity index is 1.76. The summed E-state index contributed by atoms with van der Waals surface area (Å²) in [6.45, 7) is 2.01. The van der Waals surface area contributed by atoms with Crippen LogP contribution in [-0.2, 0) is 13.0 Å². The van der Waals surface area contributed by atoms with Gasteiger partial charge >= 0.3 is 0 Å². The van der Waals surface area contributed by atoms with Crippen LogP contribution in [0.5, 0.6) is 5.75 Å². The molecule has 0 N–H and O–H groups in total. The van der Waals surface area contributed by atoms with Gasteiger partial charge in [0.25, 0.3) is 0 Å². The average Bonchev–Trinajstić information content (AvgIpc) is 2.63. The van der Waals surface area contributed by atoms with Crippen LogP contribution in [0.15, 0.2) is 70.7 Å². The van der Waals surface area contributed by atoms with E-state index in [1.165, 1.54) is 23.9 Å². The van der Waals surface area contributed by atoms with Crippen molar-refractivity contribution in [2.75, 3.05) is 0 Å². The molecule has 26 heavy (non-hydrogen) atoms. The SMILES string of the molecule is CCCc1cc(F)c(OCc2cccnc2Sc2ccccc2)c(F)c1. The maximum absolute atomic E-state index is 14.2. The maximum Gasteiger partial charge on any atom is 0.191 e. The minimum atomic E-state index is -0.672. The number of halogens is 2. The summed E-state index contributed by atoms with van der Waals surface area (Å²) in [4.78, 5) is 5.40. The third-order valence-corrected chi connectivity index (χ3v) is 4.85. The van der Waals surface area contributed by atoms with Gasteiger partial charge in [0.05, 0.1) is 0 Å². The number of pyridine rings is 1. The number of aromatic nitrogens is 1. The first-order valence-electron chi connectivity index (χ1n) is 8.45. The normalized spacial score (nSPS) is 10.7. The molecule has 1 aromatic heterocycles. The van der Waals surface area contributed by atoms with Gasteiger partial charge < -0.3 is 4.74 Å². The van der Waals surface area contributed by atoms with Crippen molar-refractivity contribution in [3.63, 3.8) is 0 Å². The van der Waals surface area contributed by atoms with Crippen molar-refractivity contribution in [2.45, 2.75) is 36.3 Å². The molecule has 0 radical (unpaired) electrons. The van der Waals surface area contributed by atoms with E-state index in [4.69, 9.17) is 4.74 Å². The number of hydrogen-bond acceptors (Lipinski definition) is 3. The van der Waals surface area contributed by atoms with Crippen molar-refractivity contribution in [1.29, 1.82) is 0 Å². The lowest BCUT2D eigenvalue weighted by atomic mass is 10.1. The Morgan fingerprint density at radius 3 is 2.42 bits per heavy atom. The minimum absolute atomic E-state index is 0.0456. The second kappa shape index (κ2) is 8.81. The molecule has 0 amide bonds. The van der Waals surface area contributed by atoms with E-state index in [-0.39, 0.29) is 12.4 Å². The van der Waals surface area contributed by atoms with Gasteiger partial charge in [-0.25, -0.2) is 13.8 Å². The first kappa shape index (κ1) is 18.4. The van der Waals surface area contributed by atoms with Gasteiger partial charge in [0, 0.05) is 16.7 Å². The van der Waals surface area contributed by atoms with Crippen LogP contribution >= 0.6 is 11.8 Å². The van der Waals surface area contributed by atoms with Crippen LogP contribution in [0.25, 0.3) is 0 Å². The summed E-state index contributed by atoms with van der Waals surface area (Å²) in [6, 6.07) is 16.1. The van der Waals surface area contributed by atoms with Crippen molar-refractivity contribution in [3.8, 4) is 5.75 Å². The number of rotatable bonds is 7. The van der Waals surface area contributed by atoms with Crippen molar-refractivity contribution in [1.82, 2.24) is 4.98 Å². The molecule has 0 aliphatic rings. The van der Waals surface area contributed by atoms with Crippen LogP contribution in [-0.4, -0.2) is 4.98 Å². The highest BCUT2D eigenvalue weighted by molar-refractivity contribution is 7.99. The van der Waals surface area contributed by atoms with Gasteiger partial charge in [-0.1, -0.05) is 49.4 Å². The van der Waals surface area contributed by atoms with Gasteiger partial charge in [-0.2, -0.15) is 0 Å². The Hall–Kier alpha value is -2.40. The molecule has 1 heterocycles. The summed E-state index contributed by atoms with van der Waals surface area (Å²) < 4.78 is 33.9. The van der Waals surface area contributed by atoms with Crippen LogP contribution in [0.2, 0.25) is 0 Å². The molecule has 0 saturated heterocycles. The molecule has 0 spiro atoms. The van der Waals surface area contributed by atoms with E-state index in [1.54, 1.807) is 12.3 Å². The zero-order valence-corrected chi connectivity index (χ0v) is 15.2. The van der Waals surface area contributed by atoms with E-state index in [1.807, 2.05) is 43.3 Å². The molecule has 0 aliphatic carbocycles. The lowest BCUT2D eigenvalue weighted by Crippen LogP contribution is -2.03. The van der Waals surface area contributed by atoms with Crippen molar-refractivity contribution < 1.29 is 13.5 Å². The van der Waals surface area contributed by atoms with Crippen LogP contribution < -0.4 is 4.74 Å². The quantitative estimate of drug-likeness (QED) is 0.505. The summed E-state index contributed by atoms with van der Waals surface area (Å²) >= 11 is 1.49. The molecule has 0 fully saturated rings. The zero-order valence-electron chi connectivity index (χ0n) is 14.4. The zero-order chi connectivity index (χ0) is 18.4. The maximum atomic E-state index is 14.2. The molecular formula is C21H19F2NOS. The van der Waals surface area contributed by atoms with Gasteiger partial charge in [-0.3, -0.25) is 0 Å². The van der Waals surface area contributed by atoms with E-state index in [9.17, 15) is 8.78 Å². The Bertz CT molecular complexity index is 848. The van der Waals surface area contributed by atoms with E-state index in [2.05, 4.69) is 4.98 Å². The van der Waals surface area contributed by atoms with Crippen LogP contribution in [0.3, 0.4) is 0 Å². The Labute approximate surface area is 156 Å². The molecule has 0 unspecified atom stereocenters. The summed E-state index contributed by atoms with van der Waals surface area (Å²) in [5.74, 6) is -1.69. The highest BCUT2D eigenvalue weighted by Crippen LogP contribution is 2.30. The molecule has 2 nitrogen and oxygen atoms in total. The lowest BCUT2D eigenvalue weighted by Gasteiger charge is -2.12. The molecule has 0 aliphatic heterocycles. The molecule has 2 aromatic carbocycles. The highest BCUT2D eigenvalue weighted by Gasteiger charge is 2.14. The largest absolute Gasteiger partial charge is 0.483 e. The van der Waals surface area contributed by atoms with Crippen molar-refractivity contribution in [3.05, 3.63) is 83.6 Å². The third kappa shape index (κ3) is 4.61. The van der Waals surface area contributed by atoms with Crippen molar-refractivity contribution in [2.24, 2.45) is 0 Å². The molecule has 134 valence electrons. The number of nitrogens with zero attached hydrogens (tertiary/aromatic N) is 1. The molecule has 5 heteroatoms. The van der Waals surface area contributed by atoms with Gasteiger partial charge in [-0.05, 0) is 42.3 Å². The molecular weight excluding hydrogens is 352 g/mol. The average molecular weight is 371 g/mol. The van der Waals surface area contributed by atoms with Gasteiger partial charge in [0.1, 0.15) is 11.6 Å². The molecule has 0 bridgehead atoms. The fourth-order valence-corrected chi connectivity index (χ4v) is 3.45. The van der Waals surface area contributed by atoms with Gasteiger partial charge in [0.2, 0.25) is 0 Å². The predicted molar refractivity (Wildman–Crippen MR) is 99.5 cm³/mol. The molecule has 0 atom stereocenters. The topological polar surface area (TPSA) is 22.1 Å². The Kier molecular flexibility index (Phi) is 6.23. The standard InChI is InChI=1S/C21H19F2NOS/c1-2-7-15-12-18(22)20(19(23)13-15)25-14-16-8-6-11-24-21(16)26-17-9-4-3-5-10-17/h3-6,8-13H,2,7,14H2,1H3. The summed E-state index contributed by atoms with van der Waals surface area (Å²) in [5.41, 5.74) is 1.41. The first-order valence-corrected chi connectivity index (χ1v) is 9.26. The van der Waals surface area contributed by atoms with Crippen LogP contribution in [0.1, 0.15) is 24.5 Å². The smallest absolute Gasteiger partial charge is 0.191 e. The van der Waals surface area contributed by atoms with Crippen LogP contribution in [0.4, 0.5) is 8.78 Å². The number of aryl methyl sites for hydroxylation is 1. The second-order valence-corrected chi connectivity index (χ2v) is 6.87. The molecule has 0 saturated carbocycles. The van der Waals surface area contributed by atoms with E-state index in [0.717, 1.165) is 21.9 Å². The Morgan fingerprint density at radius 2 is 1.73 bits per heavy atom. The summed E-state index contributed by atoms with van der Waals surface area (Å²) in [6.07, 6.45) is 3.15. The fourth-order valence-electron chi connectivity index (χ4n) is 2.56. The van der Waals surface area contributed by atoms with Crippen LogP contribution in [0, 0.1) is 11.6 Å². The monoisotopic (exact) mass is 371 g/mol.